The molecule has 112 valence electrons. The number of para-hydroxylation sites is 1. The molecule has 0 amide bonds. The van der Waals surface area contributed by atoms with E-state index in [-0.39, 0.29) is 18.3 Å². The molecule has 0 fully saturated rings. The summed E-state index contributed by atoms with van der Waals surface area (Å²) in [5.74, 6) is 0.501. The Morgan fingerprint density at radius 1 is 1.30 bits per heavy atom. The van der Waals surface area contributed by atoms with Crippen molar-refractivity contribution >= 4 is 24.5 Å². The first-order valence-electron chi connectivity index (χ1n) is 6.21. The molecule has 0 saturated carbocycles. The van der Waals surface area contributed by atoms with Crippen molar-refractivity contribution in [2.24, 2.45) is 10.2 Å². The molecule has 0 aromatic heterocycles. The van der Waals surface area contributed by atoms with Crippen molar-refractivity contribution in [3.05, 3.63) is 29.8 Å². The van der Waals surface area contributed by atoms with Gasteiger partial charge in [-0.15, -0.1) is 12.4 Å². The molecule has 5 nitrogen and oxygen atoms in total. The van der Waals surface area contributed by atoms with E-state index in [4.69, 9.17) is 4.74 Å². The van der Waals surface area contributed by atoms with Crippen LogP contribution in [0.4, 0.5) is 0 Å². The topological polar surface area (TPSA) is 57.0 Å². The lowest BCUT2D eigenvalue weighted by Gasteiger charge is -2.25. The SMILES string of the molecule is CCOc1ccccc1/C=N\N=C(/[O-])C[N+](C)(C)C.Cl. The number of rotatable bonds is 6. The van der Waals surface area contributed by atoms with Gasteiger partial charge >= 0.3 is 0 Å². The Morgan fingerprint density at radius 2 is 1.95 bits per heavy atom. The summed E-state index contributed by atoms with van der Waals surface area (Å²) in [7, 11) is 5.80. The standard InChI is InChI=1S/C14H21N3O2.ClH/c1-5-19-13-9-7-6-8-12(13)10-15-16-14(18)11-17(2,3)4;/h6-10H,5,11H2,1-4H3;1H/b15-10-;. The summed E-state index contributed by atoms with van der Waals surface area (Å²) in [6.45, 7) is 2.83. The van der Waals surface area contributed by atoms with Crippen LogP contribution in [0.3, 0.4) is 0 Å². The minimum absolute atomic E-state index is 0. The summed E-state index contributed by atoms with van der Waals surface area (Å²) < 4.78 is 5.99. The Balaban J connectivity index is 0.00000361. The predicted octanol–water partition coefficient (Wildman–Crippen LogP) is 1.31. The minimum Gasteiger partial charge on any atom is -0.857 e. The molecule has 1 aromatic carbocycles. The second kappa shape index (κ2) is 8.55. The molecule has 0 heterocycles. The molecule has 0 aliphatic rings. The van der Waals surface area contributed by atoms with E-state index in [9.17, 15) is 5.11 Å². The molecule has 0 bridgehead atoms. The molecule has 0 atom stereocenters. The van der Waals surface area contributed by atoms with Crippen LogP contribution in [0.5, 0.6) is 5.75 Å². The molecule has 0 aliphatic carbocycles. The van der Waals surface area contributed by atoms with E-state index in [1.54, 1.807) is 6.21 Å². The van der Waals surface area contributed by atoms with Gasteiger partial charge < -0.3 is 14.3 Å². The van der Waals surface area contributed by atoms with Crippen LogP contribution in [0, 0.1) is 0 Å². The third kappa shape index (κ3) is 7.11. The molecule has 0 unspecified atom stereocenters. The third-order valence-electron chi connectivity index (χ3n) is 2.19. The van der Waals surface area contributed by atoms with Crippen LogP contribution in [0.25, 0.3) is 0 Å². The smallest absolute Gasteiger partial charge is 0.128 e. The van der Waals surface area contributed by atoms with Gasteiger partial charge in [-0.2, -0.15) is 10.2 Å². The molecule has 0 saturated heterocycles. The van der Waals surface area contributed by atoms with Gasteiger partial charge in [-0.1, -0.05) is 12.1 Å². The fourth-order valence-electron chi connectivity index (χ4n) is 1.47. The number of nitrogens with zero attached hydrogens (tertiary/aromatic N) is 3. The van der Waals surface area contributed by atoms with E-state index in [0.29, 0.717) is 17.6 Å². The Labute approximate surface area is 126 Å². The number of likely N-dealkylation sites (N-methyl/N-ethyl adjacent to an activating group) is 1. The molecule has 1 rings (SSSR count). The van der Waals surface area contributed by atoms with Gasteiger partial charge in [-0.05, 0) is 19.1 Å². The molecule has 0 N–H and O–H groups in total. The highest BCUT2D eigenvalue weighted by Crippen LogP contribution is 2.15. The Morgan fingerprint density at radius 3 is 2.55 bits per heavy atom. The minimum atomic E-state index is -0.238. The summed E-state index contributed by atoms with van der Waals surface area (Å²) in [5, 5.41) is 19.0. The Hall–Kier alpha value is -1.59. The third-order valence-corrected chi connectivity index (χ3v) is 2.19. The van der Waals surface area contributed by atoms with Crippen molar-refractivity contribution < 1.29 is 14.3 Å². The van der Waals surface area contributed by atoms with E-state index in [1.807, 2.05) is 52.3 Å². The molecule has 0 radical (unpaired) electrons. The van der Waals surface area contributed by atoms with Gasteiger partial charge in [0.25, 0.3) is 0 Å². The number of benzene rings is 1. The Bertz CT molecular complexity index is 468. The van der Waals surface area contributed by atoms with E-state index in [0.717, 1.165) is 11.3 Å². The maximum absolute atomic E-state index is 11.5. The first kappa shape index (κ1) is 18.4. The quantitative estimate of drug-likeness (QED) is 0.344. The van der Waals surface area contributed by atoms with E-state index >= 15 is 0 Å². The highest BCUT2D eigenvalue weighted by Gasteiger charge is 2.05. The van der Waals surface area contributed by atoms with Gasteiger partial charge in [0.05, 0.1) is 34.0 Å². The Kier molecular flexibility index (Phi) is 7.87. The first-order chi connectivity index (χ1) is 8.92. The van der Waals surface area contributed by atoms with Gasteiger partial charge in [0.1, 0.15) is 12.3 Å². The van der Waals surface area contributed by atoms with Gasteiger partial charge in [-0.3, -0.25) is 0 Å². The van der Waals surface area contributed by atoms with E-state index < -0.39 is 0 Å². The van der Waals surface area contributed by atoms with Crippen LogP contribution in [0.2, 0.25) is 0 Å². The molecule has 0 spiro atoms. The number of quaternary nitrogens is 1. The largest absolute Gasteiger partial charge is 0.857 e. The summed E-state index contributed by atoms with van der Waals surface area (Å²) in [6, 6.07) is 7.51. The lowest BCUT2D eigenvalue weighted by atomic mass is 10.2. The van der Waals surface area contributed by atoms with Crippen molar-refractivity contribution in [2.45, 2.75) is 6.92 Å². The van der Waals surface area contributed by atoms with Gasteiger partial charge in [-0.25, -0.2) is 0 Å². The lowest BCUT2D eigenvalue weighted by Crippen LogP contribution is -2.43. The van der Waals surface area contributed by atoms with Gasteiger partial charge in [0.15, 0.2) is 0 Å². The van der Waals surface area contributed by atoms with Crippen LogP contribution in [-0.2, 0) is 0 Å². The number of ether oxygens (including phenoxy) is 1. The van der Waals surface area contributed by atoms with Gasteiger partial charge in [0.2, 0.25) is 0 Å². The van der Waals surface area contributed by atoms with Crippen molar-refractivity contribution in [1.29, 1.82) is 0 Å². The van der Waals surface area contributed by atoms with Crippen molar-refractivity contribution in [2.75, 3.05) is 34.3 Å². The van der Waals surface area contributed by atoms with Crippen LogP contribution in [0.1, 0.15) is 12.5 Å². The first-order valence-corrected chi connectivity index (χ1v) is 6.21. The van der Waals surface area contributed by atoms with Crippen molar-refractivity contribution in [1.82, 2.24) is 0 Å². The summed E-state index contributed by atoms with van der Waals surface area (Å²) >= 11 is 0. The molecule has 20 heavy (non-hydrogen) atoms. The number of halogens is 1. The zero-order chi connectivity index (χ0) is 14.3. The zero-order valence-corrected chi connectivity index (χ0v) is 13.2. The molecule has 1 aromatic rings. The zero-order valence-electron chi connectivity index (χ0n) is 12.4. The van der Waals surface area contributed by atoms with E-state index in [2.05, 4.69) is 10.2 Å². The van der Waals surface area contributed by atoms with Gasteiger partial charge in [0, 0.05) is 11.5 Å². The highest BCUT2D eigenvalue weighted by atomic mass is 35.5. The normalized spacial score (nSPS) is 12.3. The summed E-state index contributed by atoms with van der Waals surface area (Å²) in [4.78, 5) is 0. The second-order valence-electron chi connectivity index (χ2n) is 5.16. The summed E-state index contributed by atoms with van der Waals surface area (Å²) in [6.07, 6.45) is 1.54. The molecule has 0 aliphatic heterocycles. The monoisotopic (exact) mass is 299 g/mol. The summed E-state index contributed by atoms with van der Waals surface area (Å²) in [5.41, 5.74) is 0.811. The lowest BCUT2D eigenvalue weighted by molar-refractivity contribution is -0.863. The van der Waals surface area contributed by atoms with E-state index in [1.165, 1.54) is 0 Å². The maximum Gasteiger partial charge on any atom is 0.128 e. The molecular weight excluding hydrogens is 278 g/mol. The molecule has 6 heteroatoms. The van der Waals surface area contributed by atoms with Crippen molar-refractivity contribution in [3.8, 4) is 5.75 Å². The second-order valence-corrected chi connectivity index (χ2v) is 5.16. The molecular formula is C14H22ClN3O2. The maximum atomic E-state index is 11.5. The van der Waals surface area contributed by atoms with Crippen LogP contribution < -0.4 is 9.84 Å². The van der Waals surface area contributed by atoms with Crippen LogP contribution in [-0.4, -0.2) is 50.9 Å². The average Bonchev–Trinajstić information content (AvgIpc) is 2.29. The fourth-order valence-corrected chi connectivity index (χ4v) is 1.47. The fraction of sp³-hybridized carbons (Fsp3) is 0.429. The van der Waals surface area contributed by atoms with Crippen LogP contribution >= 0.6 is 12.4 Å². The predicted molar refractivity (Wildman–Crippen MR) is 82.8 cm³/mol. The number of hydrogen-bond donors (Lipinski definition) is 0. The number of hydrogen-bond acceptors (Lipinski definition) is 4. The van der Waals surface area contributed by atoms with Crippen molar-refractivity contribution in [3.63, 3.8) is 0 Å². The van der Waals surface area contributed by atoms with Crippen LogP contribution in [0.15, 0.2) is 34.5 Å². The highest BCUT2D eigenvalue weighted by molar-refractivity contribution is 5.85. The average molecular weight is 300 g/mol.